The van der Waals surface area contributed by atoms with Crippen LogP contribution in [0.15, 0.2) is 12.3 Å². The Bertz CT molecular complexity index is 472. The summed E-state index contributed by atoms with van der Waals surface area (Å²) in [6.07, 6.45) is 3.25. The van der Waals surface area contributed by atoms with Gasteiger partial charge < -0.3 is 5.32 Å². The third kappa shape index (κ3) is 2.64. The van der Waals surface area contributed by atoms with Gasteiger partial charge in [-0.2, -0.15) is 0 Å². The summed E-state index contributed by atoms with van der Waals surface area (Å²) in [7, 11) is 0. The molecule has 2 rings (SSSR count). The number of carbonyl (C=O) groups excluding carboxylic acids is 1. The average molecular weight is 271 g/mol. The average Bonchev–Trinajstić information content (AvgIpc) is 3.10. The standard InChI is InChI=1S/C13H16ClFN2O/c1-8(2)13(3-4-13)7-17-12(18)10-5-9(15)6-16-11(10)14/h5-6,8H,3-4,7H2,1-2H3,(H,17,18). The van der Waals surface area contributed by atoms with E-state index in [1.54, 1.807) is 0 Å². The van der Waals surface area contributed by atoms with E-state index in [0.29, 0.717) is 12.5 Å². The first kappa shape index (κ1) is 13.3. The van der Waals surface area contributed by atoms with Crippen LogP contribution in [0.5, 0.6) is 0 Å². The molecule has 0 radical (unpaired) electrons. The number of nitrogens with one attached hydrogen (secondary N) is 1. The molecular formula is C13H16ClFN2O. The van der Waals surface area contributed by atoms with Gasteiger partial charge in [0.2, 0.25) is 0 Å². The minimum atomic E-state index is -0.561. The Hall–Kier alpha value is -1.16. The van der Waals surface area contributed by atoms with Crippen LogP contribution in [0.25, 0.3) is 0 Å². The van der Waals surface area contributed by atoms with E-state index in [2.05, 4.69) is 24.1 Å². The van der Waals surface area contributed by atoms with E-state index in [0.717, 1.165) is 25.1 Å². The van der Waals surface area contributed by atoms with E-state index < -0.39 is 5.82 Å². The molecule has 1 aliphatic carbocycles. The largest absolute Gasteiger partial charge is 0.351 e. The van der Waals surface area contributed by atoms with E-state index in [1.807, 2.05) is 0 Å². The molecule has 18 heavy (non-hydrogen) atoms. The van der Waals surface area contributed by atoms with E-state index in [4.69, 9.17) is 11.6 Å². The Morgan fingerprint density at radius 2 is 2.28 bits per heavy atom. The van der Waals surface area contributed by atoms with Gasteiger partial charge >= 0.3 is 0 Å². The fourth-order valence-electron chi connectivity index (χ4n) is 2.05. The maximum Gasteiger partial charge on any atom is 0.254 e. The van der Waals surface area contributed by atoms with Crippen LogP contribution in [0.3, 0.4) is 0 Å². The van der Waals surface area contributed by atoms with Crippen LogP contribution in [0.4, 0.5) is 4.39 Å². The zero-order chi connectivity index (χ0) is 13.3. The van der Waals surface area contributed by atoms with E-state index in [1.165, 1.54) is 0 Å². The van der Waals surface area contributed by atoms with Crippen molar-refractivity contribution in [3.8, 4) is 0 Å². The third-order valence-electron chi connectivity index (χ3n) is 3.77. The second-order valence-electron chi connectivity index (χ2n) is 5.19. The molecule has 0 saturated heterocycles. The Morgan fingerprint density at radius 3 is 2.83 bits per heavy atom. The van der Waals surface area contributed by atoms with Gasteiger partial charge in [0.15, 0.2) is 0 Å². The highest BCUT2D eigenvalue weighted by atomic mass is 35.5. The van der Waals surface area contributed by atoms with Gasteiger partial charge in [-0.15, -0.1) is 0 Å². The number of amides is 1. The third-order valence-corrected chi connectivity index (χ3v) is 4.07. The lowest BCUT2D eigenvalue weighted by Gasteiger charge is -2.20. The summed E-state index contributed by atoms with van der Waals surface area (Å²) in [5.74, 6) is -0.396. The molecule has 0 unspecified atom stereocenters. The van der Waals surface area contributed by atoms with Crippen LogP contribution in [0.1, 0.15) is 37.0 Å². The Balaban J connectivity index is 2.02. The van der Waals surface area contributed by atoms with Gasteiger partial charge in [-0.1, -0.05) is 25.4 Å². The highest BCUT2D eigenvalue weighted by Crippen LogP contribution is 2.51. The van der Waals surface area contributed by atoms with Gasteiger partial charge in [0.1, 0.15) is 11.0 Å². The fraction of sp³-hybridized carbons (Fsp3) is 0.538. The quantitative estimate of drug-likeness (QED) is 0.855. The summed E-state index contributed by atoms with van der Waals surface area (Å²) >= 11 is 5.78. The molecule has 0 aromatic carbocycles. The van der Waals surface area contributed by atoms with Gasteiger partial charge in [-0.3, -0.25) is 4.79 Å². The van der Waals surface area contributed by atoms with Crippen LogP contribution in [-0.2, 0) is 0 Å². The molecule has 3 nitrogen and oxygen atoms in total. The van der Waals surface area contributed by atoms with Crippen molar-refractivity contribution in [3.63, 3.8) is 0 Å². The van der Waals surface area contributed by atoms with Crippen LogP contribution in [0, 0.1) is 17.2 Å². The first-order valence-electron chi connectivity index (χ1n) is 6.04. The van der Waals surface area contributed by atoms with Gasteiger partial charge in [0, 0.05) is 6.54 Å². The molecule has 1 saturated carbocycles. The number of aromatic nitrogens is 1. The number of halogens is 2. The zero-order valence-electron chi connectivity index (χ0n) is 10.5. The lowest BCUT2D eigenvalue weighted by Crippen LogP contribution is -2.32. The van der Waals surface area contributed by atoms with Crippen molar-refractivity contribution >= 4 is 17.5 Å². The Labute approximate surface area is 111 Å². The Morgan fingerprint density at radius 1 is 1.61 bits per heavy atom. The van der Waals surface area contributed by atoms with Gasteiger partial charge in [0.05, 0.1) is 11.8 Å². The number of hydrogen-bond acceptors (Lipinski definition) is 2. The van der Waals surface area contributed by atoms with Crippen LogP contribution in [0.2, 0.25) is 5.15 Å². The topological polar surface area (TPSA) is 42.0 Å². The molecule has 1 amide bonds. The molecule has 0 atom stereocenters. The van der Waals surface area contributed by atoms with E-state index in [9.17, 15) is 9.18 Å². The molecule has 0 aliphatic heterocycles. The van der Waals surface area contributed by atoms with E-state index in [-0.39, 0.29) is 22.0 Å². The molecule has 1 aliphatic rings. The molecule has 98 valence electrons. The van der Waals surface area contributed by atoms with Crippen molar-refractivity contribution in [2.45, 2.75) is 26.7 Å². The minimum absolute atomic E-state index is 0.0308. The molecule has 1 aromatic rings. The summed E-state index contributed by atoms with van der Waals surface area (Å²) in [5, 5.41) is 2.85. The fourth-order valence-corrected chi connectivity index (χ4v) is 2.24. The Kier molecular flexibility index (Phi) is 3.57. The molecule has 1 aromatic heterocycles. The SMILES string of the molecule is CC(C)C1(CNC(=O)c2cc(F)cnc2Cl)CC1. The molecule has 1 fully saturated rings. The molecule has 0 spiro atoms. The van der Waals surface area contributed by atoms with Crippen LogP contribution in [-0.4, -0.2) is 17.4 Å². The molecular weight excluding hydrogens is 255 g/mol. The second kappa shape index (κ2) is 4.84. The lowest BCUT2D eigenvalue weighted by atomic mass is 9.92. The van der Waals surface area contributed by atoms with Crippen molar-refractivity contribution in [2.24, 2.45) is 11.3 Å². The predicted octanol–water partition coefficient (Wildman–Crippen LogP) is 3.04. The first-order chi connectivity index (χ1) is 8.44. The van der Waals surface area contributed by atoms with Gasteiger partial charge in [-0.25, -0.2) is 9.37 Å². The van der Waals surface area contributed by atoms with Crippen LogP contribution >= 0.6 is 11.6 Å². The van der Waals surface area contributed by atoms with Crippen molar-refractivity contribution in [1.29, 1.82) is 0 Å². The van der Waals surface area contributed by atoms with Gasteiger partial charge in [-0.05, 0) is 30.2 Å². The molecule has 1 N–H and O–H groups in total. The highest BCUT2D eigenvalue weighted by Gasteiger charge is 2.45. The highest BCUT2D eigenvalue weighted by molar-refractivity contribution is 6.32. The zero-order valence-corrected chi connectivity index (χ0v) is 11.2. The molecule has 1 heterocycles. The summed E-state index contributed by atoms with van der Waals surface area (Å²) in [6, 6.07) is 1.11. The monoisotopic (exact) mass is 270 g/mol. The maximum absolute atomic E-state index is 13.0. The number of pyridine rings is 1. The van der Waals surface area contributed by atoms with Gasteiger partial charge in [0.25, 0.3) is 5.91 Å². The predicted molar refractivity (Wildman–Crippen MR) is 68.0 cm³/mol. The first-order valence-corrected chi connectivity index (χ1v) is 6.42. The van der Waals surface area contributed by atoms with Crippen molar-refractivity contribution in [1.82, 2.24) is 10.3 Å². The van der Waals surface area contributed by atoms with Crippen molar-refractivity contribution in [3.05, 3.63) is 28.8 Å². The summed E-state index contributed by atoms with van der Waals surface area (Å²) in [4.78, 5) is 15.5. The van der Waals surface area contributed by atoms with Crippen molar-refractivity contribution in [2.75, 3.05) is 6.54 Å². The van der Waals surface area contributed by atoms with Crippen LogP contribution < -0.4 is 5.32 Å². The second-order valence-corrected chi connectivity index (χ2v) is 5.55. The number of carbonyl (C=O) groups is 1. The van der Waals surface area contributed by atoms with Crippen molar-refractivity contribution < 1.29 is 9.18 Å². The molecule has 5 heteroatoms. The number of nitrogens with zero attached hydrogens (tertiary/aromatic N) is 1. The smallest absolute Gasteiger partial charge is 0.254 e. The molecule has 0 bridgehead atoms. The normalized spacial score (nSPS) is 16.7. The number of rotatable bonds is 4. The summed E-state index contributed by atoms with van der Waals surface area (Å²) < 4.78 is 13.0. The van der Waals surface area contributed by atoms with E-state index >= 15 is 0 Å². The summed E-state index contributed by atoms with van der Waals surface area (Å²) in [5.41, 5.74) is 0.305. The lowest BCUT2D eigenvalue weighted by molar-refractivity contribution is 0.0939. The summed E-state index contributed by atoms with van der Waals surface area (Å²) in [6.45, 7) is 4.90. The maximum atomic E-state index is 13.0. The number of hydrogen-bond donors (Lipinski definition) is 1. The minimum Gasteiger partial charge on any atom is -0.351 e.